The predicted octanol–water partition coefficient (Wildman–Crippen LogP) is 2.60. The second kappa shape index (κ2) is 8.02. The number of carboxylic acid groups (broad SMARTS) is 1. The number of likely N-dealkylation sites (tertiary alicyclic amines) is 1. The van der Waals surface area contributed by atoms with E-state index in [1.54, 1.807) is 0 Å². The van der Waals surface area contributed by atoms with E-state index in [1.165, 1.54) is 0 Å². The number of aliphatic carboxylic acids is 1. The summed E-state index contributed by atoms with van der Waals surface area (Å²) in [5.41, 5.74) is 0. The summed E-state index contributed by atoms with van der Waals surface area (Å²) in [6.45, 7) is 4.78. The number of nitrogens with one attached hydrogen (secondary N) is 1. The summed E-state index contributed by atoms with van der Waals surface area (Å²) < 4.78 is 0. The monoisotopic (exact) mass is 270 g/mol. The summed E-state index contributed by atoms with van der Waals surface area (Å²) in [5.74, 6) is -0.945. The van der Waals surface area contributed by atoms with Crippen molar-refractivity contribution in [2.45, 2.75) is 70.9 Å². The molecule has 110 valence electrons. The van der Waals surface area contributed by atoms with Gasteiger partial charge < -0.3 is 15.3 Å². The maximum atomic E-state index is 12.2. The quantitative estimate of drug-likeness (QED) is 0.779. The zero-order valence-corrected chi connectivity index (χ0v) is 12.0. The van der Waals surface area contributed by atoms with Crippen molar-refractivity contribution in [2.24, 2.45) is 0 Å². The van der Waals surface area contributed by atoms with Gasteiger partial charge in [-0.15, -0.1) is 0 Å². The average Bonchev–Trinajstić information content (AvgIpc) is 2.39. The molecule has 1 saturated heterocycles. The Bertz CT molecular complexity index is 305. The molecule has 0 aliphatic carbocycles. The van der Waals surface area contributed by atoms with E-state index in [0.29, 0.717) is 6.42 Å². The van der Waals surface area contributed by atoms with Crippen LogP contribution >= 0.6 is 0 Å². The Balaban J connectivity index is 2.60. The normalized spacial score (nSPS) is 20.9. The fraction of sp³-hybridized carbons (Fsp3) is 0.857. The van der Waals surface area contributed by atoms with Crippen LogP contribution < -0.4 is 5.32 Å². The van der Waals surface area contributed by atoms with E-state index in [-0.39, 0.29) is 12.1 Å². The predicted molar refractivity (Wildman–Crippen MR) is 74.1 cm³/mol. The Labute approximate surface area is 115 Å². The lowest BCUT2D eigenvalue weighted by Crippen LogP contribution is -2.52. The van der Waals surface area contributed by atoms with Crippen molar-refractivity contribution in [3.63, 3.8) is 0 Å². The van der Waals surface area contributed by atoms with Gasteiger partial charge in [-0.3, -0.25) is 0 Å². The molecular formula is C14H26N2O3. The number of carbonyl (C=O) groups is 2. The summed E-state index contributed by atoms with van der Waals surface area (Å²) in [4.78, 5) is 25.1. The standard InChI is InChI=1S/C14H26N2O3/c1-3-7-11-9-5-6-10-16(11)14(19)15-12(8-4-2)13(17)18/h11-12H,3-10H2,1-2H3,(H,15,19)(H,17,18)/t11?,12-/m0/s1. The van der Waals surface area contributed by atoms with E-state index in [2.05, 4.69) is 12.2 Å². The summed E-state index contributed by atoms with van der Waals surface area (Å²) in [5, 5.41) is 11.8. The van der Waals surface area contributed by atoms with E-state index in [4.69, 9.17) is 5.11 Å². The zero-order valence-electron chi connectivity index (χ0n) is 12.0. The van der Waals surface area contributed by atoms with Crippen LogP contribution in [0.25, 0.3) is 0 Å². The largest absolute Gasteiger partial charge is 0.480 e. The van der Waals surface area contributed by atoms with Gasteiger partial charge in [0.25, 0.3) is 0 Å². The zero-order chi connectivity index (χ0) is 14.3. The number of piperidine rings is 1. The number of hydrogen-bond acceptors (Lipinski definition) is 2. The highest BCUT2D eigenvalue weighted by atomic mass is 16.4. The van der Waals surface area contributed by atoms with Gasteiger partial charge in [0.1, 0.15) is 6.04 Å². The lowest BCUT2D eigenvalue weighted by Gasteiger charge is -2.36. The molecule has 0 bridgehead atoms. The SMILES string of the molecule is CCCC1CCCCN1C(=O)N[C@@H](CCC)C(=O)O. The van der Waals surface area contributed by atoms with Gasteiger partial charge in [-0.2, -0.15) is 0 Å². The number of hydrogen-bond donors (Lipinski definition) is 2. The lowest BCUT2D eigenvalue weighted by atomic mass is 9.98. The van der Waals surface area contributed by atoms with Gasteiger partial charge in [0.05, 0.1) is 0 Å². The summed E-state index contributed by atoms with van der Waals surface area (Å²) in [7, 11) is 0. The fourth-order valence-electron chi connectivity index (χ4n) is 2.68. The van der Waals surface area contributed by atoms with E-state index < -0.39 is 12.0 Å². The van der Waals surface area contributed by atoms with Crippen LogP contribution in [0.4, 0.5) is 4.79 Å². The molecule has 19 heavy (non-hydrogen) atoms. The maximum Gasteiger partial charge on any atom is 0.326 e. The van der Waals surface area contributed by atoms with Crippen LogP contribution in [-0.2, 0) is 4.79 Å². The third-order valence-electron chi connectivity index (χ3n) is 3.68. The highest BCUT2D eigenvalue weighted by molar-refractivity contribution is 5.82. The molecular weight excluding hydrogens is 244 g/mol. The molecule has 1 aliphatic rings. The van der Waals surface area contributed by atoms with Crippen molar-refractivity contribution < 1.29 is 14.7 Å². The average molecular weight is 270 g/mol. The molecule has 5 heteroatoms. The van der Waals surface area contributed by atoms with Gasteiger partial charge in [0.2, 0.25) is 0 Å². The van der Waals surface area contributed by atoms with E-state index in [0.717, 1.165) is 45.1 Å². The molecule has 0 aromatic rings. The molecule has 1 rings (SSSR count). The first-order valence-corrected chi connectivity index (χ1v) is 7.40. The number of nitrogens with zero attached hydrogens (tertiary/aromatic N) is 1. The molecule has 2 amide bonds. The Kier molecular flexibility index (Phi) is 6.67. The van der Waals surface area contributed by atoms with Gasteiger partial charge in [0.15, 0.2) is 0 Å². The number of urea groups is 1. The molecule has 1 heterocycles. The molecule has 2 N–H and O–H groups in total. The Morgan fingerprint density at radius 2 is 2.05 bits per heavy atom. The summed E-state index contributed by atoms with van der Waals surface area (Å²) in [6, 6.07) is -0.699. The number of carbonyl (C=O) groups excluding carboxylic acids is 1. The molecule has 1 fully saturated rings. The minimum absolute atomic E-state index is 0.209. The first-order valence-electron chi connectivity index (χ1n) is 7.40. The smallest absolute Gasteiger partial charge is 0.326 e. The molecule has 5 nitrogen and oxygen atoms in total. The minimum Gasteiger partial charge on any atom is -0.480 e. The molecule has 0 aromatic carbocycles. The van der Waals surface area contributed by atoms with E-state index in [1.807, 2.05) is 11.8 Å². The summed E-state index contributed by atoms with van der Waals surface area (Å²) in [6.07, 6.45) is 6.48. The van der Waals surface area contributed by atoms with Crippen LogP contribution in [0.3, 0.4) is 0 Å². The molecule has 1 unspecified atom stereocenters. The van der Waals surface area contributed by atoms with Crippen LogP contribution in [0.1, 0.15) is 58.8 Å². The highest BCUT2D eigenvalue weighted by Crippen LogP contribution is 2.21. The van der Waals surface area contributed by atoms with Crippen LogP contribution in [0, 0.1) is 0 Å². The lowest BCUT2D eigenvalue weighted by molar-refractivity contribution is -0.139. The van der Waals surface area contributed by atoms with Crippen molar-refractivity contribution in [3.05, 3.63) is 0 Å². The molecule has 0 saturated carbocycles. The van der Waals surface area contributed by atoms with Crippen molar-refractivity contribution >= 4 is 12.0 Å². The topological polar surface area (TPSA) is 69.6 Å². The molecule has 2 atom stereocenters. The number of rotatable bonds is 6. The highest BCUT2D eigenvalue weighted by Gasteiger charge is 2.28. The van der Waals surface area contributed by atoms with Crippen molar-refractivity contribution in [1.29, 1.82) is 0 Å². The van der Waals surface area contributed by atoms with Crippen LogP contribution in [0.15, 0.2) is 0 Å². The second-order valence-electron chi connectivity index (χ2n) is 5.26. The van der Waals surface area contributed by atoms with Crippen molar-refractivity contribution in [1.82, 2.24) is 10.2 Å². The number of amides is 2. The van der Waals surface area contributed by atoms with Crippen molar-refractivity contribution in [3.8, 4) is 0 Å². The fourth-order valence-corrected chi connectivity index (χ4v) is 2.68. The van der Waals surface area contributed by atoms with Gasteiger partial charge >= 0.3 is 12.0 Å². The Morgan fingerprint density at radius 1 is 1.32 bits per heavy atom. The molecule has 0 radical (unpaired) electrons. The van der Waals surface area contributed by atoms with E-state index >= 15 is 0 Å². The van der Waals surface area contributed by atoms with Crippen LogP contribution in [0.5, 0.6) is 0 Å². The third kappa shape index (κ3) is 4.73. The number of carboxylic acids is 1. The first-order chi connectivity index (χ1) is 9.10. The van der Waals surface area contributed by atoms with Gasteiger partial charge in [-0.1, -0.05) is 26.7 Å². The maximum absolute atomic E-state index is 12.2. The molecule has 0 spiro atoms. The molecule has 1 aliphatic heterocycles. The minimum atomic E-state index is -0.945. The van der Waals surface area contributed by atoms with Crippen LogP contribution in [-0.4, -0.2) is 40.6 Å². The van der Waals surface area contributed by atoms with Gasteiger partial charge in [0, 0.05) is 12.6 Å². The van der Waals surface area contributed by atoms with Crippen LogP contribution in [0.2, 0.25) is 0 Å². The molecule has 0 aromatic heterocycles. The van der Waals surface area contributed by atoms with E-state index in [9.17, 15) is 9.59 Å². The second-order valence-corrected chi connectivity index (χ2v) is 5.26. The Morgan fingerprint density at radius 3 is 2.63 bits per heavy atom. The van der Waals surface area contributed by atoms with Crippen molar-refractivity contribution in [2.75, 3.05) is 6.54 Å². The third-order valence-corrected chi connectivity index (χ3v) is 3.68. The first kappa shape index (κ1) is 15.8. The van der Waals surface area contributed by atoms with Gasteiger partial charge in [-0.05, 0) is 32.1 Å². The Hall–Kier alpha value is -1.26. The van der Waals surface area contributed by atoms with Gasteiger partial charge in [-0.25, -0.2) is 9.59 Å². The summed E-state index contributed by atoms with van der Waals surface area (Å²) >= 11 is 0.